The number of likely N-dealkylation sites (N-methyl/N-ethyl adjacent to an activating group) is 1. The van der Waals surface area contributed by atoms with E-state index in [4.69, 9.17) is 4.74 Å². The minimum Gasteiger partial charge on any atom is -0.382 e. The maximum absolute atomic E-state index is 12.5. The molecule has 110 valence electrons. The van der Waals surface area contributed by atoms with Crippen molar-refractivity contribution < 1.29 is 9.53 Å². The molecule has 0 radical (unpaired) electrons. The van der Waals surface area contributed by atoms with E-state index in [1.54, 1.807) is 0 Å². The Morgan fingerprint density at radius 2 is 2.00 bits per heavy atom. The average Bonchev–Trinajstić information content (AvgIpc) is 2.50. The first-order valence-corrected chi connectivity index (χ1v) is 7.25. The first-order valence-electron chi connectivity index (χ1n) is 7.25. The number of nitrogens with zero attached hydrogens (tertiary/aromatic N) is 1. The number of amides is 1. The van der Waals surface area contributed by atoms with Crippen molar-refractivity contribution in [2.24, 2.45) is 0 Å². The van der Waals surface area contributed by atoms with Crippen molar-refractivity contribution in [3.63, 3.8) is 0 Å². The van der Waals surface area contributed by atoms with Crippen molar-refractivity contribution in [1.29, 1.82) is 0 Å². The standard InChI is InChI=1S/C15H23N3O2/c1-3-18(9-10-20-4-2)15(19)12-5-6-13-14(11-12)17-8-7-16-13/h5-6,11,16-17H,3-4,7-10H2,1-2H3. The molecule has 1 aliphatic rings. The highest BCUT2D eigenvalue weighted by Crippen LogP contribution is 2.25. The lowest BCUT2D eigenvalue weighted by atomic mass is 10.1. The minimum atomic E-state index is 0.0578. The Morgan fingerprint density at radius 1 is 1.25 bits per heavy atom. The maximum atomic E-state index is 12.5. The van der Waals surface area contributed by atoms with Gasteiger partial charge in [-0.1, -0.05) is 0 Å². The number of carbonyl (C=O) groups excluding carboxylic acids is 1. The summed E-state index contributed by atoms with van der Waals surface area (Å²) in [5.74, 6) is 0.0578. The van der Waals surface area contributed by atoms with Gasteiger partial charge in [-0.2, -0.15) is 0 Å². The van der Waals surface area contributed by atoms with E-state index in [0.29, 0.717) is 26.3 Å². The van der Waals surface area contributed by atoms with Gasteiger partial charge in [0, 0.05) is 38.3 Å². The van der Waals surface area contributed by atoms with E-state index in [2.05, 4.69) is 10.6 Å². The number of benzene rings is 1. The molecule has 1 aromatic rings. The molecule has 0 saturated heterocycles. The van der Waals surface area contributed by atoms with E-state index in [9.17, 15) is 4.79 Å². The highest BCUT2D eigenvalue weighted by atomic mass is 16.5. The number of ether oxygens (including phenoxy) is 1. The van der Waals surface area contributed by atoms with E-state index < -0.39 is 0 Å². The molecule has 2 rings (SSSR count). The van der Waals surface area contributed by atoms with Crippen LogP contribution in [0.25, 0.3) is 0 Å². The Bertz CT molecular complexity index is 462. The molecular weight excluding hydrogens is 254 g/mol. The highest BCUT2D eigenvalue weighted by Gasteiger charge is 2.16. The summed E-state index contributed by atoms with van der Waals surface area (Å²) < 4.78 is 5.33. The summed E-state index contributed by atoms with van der Waals surface area (Å²) in [6, 6.07) is 5.77. The molecule has 1 heterocycles. The number of hydrogen-bond acceptors (Lipinski definition) is 4. The lowest BCUT2D eigenvalue weighted by molar-refractivity contribution is 0.0669. The molecular formula is C15H23N3O2. The molecule has 1 aliphatic heterocycles. The normalized spacial score (nSPS) is 13.1. The summed E-state index contributed by atoms with van der Waals surface area (Å²) in [6.07, 6.45) is 0. The van der Waals surface area contributed by atoms with Crippen molar-refractivity contribution in [3.8, 4) is 0 Å². The molecule has 0 aliphatic carbocycles. The Labute approximate surface area is 120 Å². The third-order valence-electron chi connectivity index (χ3n) is 3.40. The van der Waals surface area contributed by atoms with Crippen LogP contribution >= 0.6 is 0 Å². The second-order valence-corrected chi connectivity index (χ2v) is 4.70. The molecule has 5 heteroatoms. The van der Waals surface area contributed by atoms with E-state index in [1.165, 1.54) is 0 Å². The third-order valence-corrected chi connectivity index (χ3v) is 3.40. The third kappa shape index (κ3) is 3.42. The monoisotopic (exact) mass is 277 g/mol. The van der Waals surface area contributed by atoms with E-state index in [1.807, 2.05) is 36.9 Å². The van der Waals surface area contributed by atoms with Crippen LogP contribution in [0.1, 0.15) is 24.2 Å². The van der Waals surface area contributed by atoms with Gasteiger partial charge in [-0.05, 0) is 32.0 Å². The molecule has 2 N–H and O–H groups in total. The summed E-state index contributed by atoms with van der Waals surface area (Å²) in [7, 11) is 0. The fraction of sp³-hybridized carbons (Fsp3) is 0.533. The maximum Gasteiger partial charge on any atom is 0.253 e. The van der Waals surface area contributed by atoms with Gasteiger partial charge in [0.25, 0.3) is 5.91 Å². The Hall–Kier alpha value is -1.75. The average molecular weight is 277 g/mol. The number of nitrogens with one attached hydrogen (secondary N) is 2. The minimum absolute atomic E-state index is 0.0578. The van der Waals surface area contributed by atoms with Gasteiger partial charge in [-0.3, -0.25) is 4.79 Å². The molecule has 0 aromatic heterocycles. The van der Waals surface area contributed by atoms with Crippen LogP contribution in [-0.2, 0) is 4.74 Å². The number of rotatable bonds is 6. The van der Waals surface area contributed by atoms with Crippen LogP contribution in [0.3, 0.4) is 0 Å². The second-order valence-electron chi connectivity index (χ2n) is 4.70. The van der Waals surface area contributed by atoms with Crippen molar-refractivity contribution in [1.82, 2.24) is 4.90 Å². The summed E-state index contributed by atoms with van der Waals surface area (Å²) >= 11 is 0. The zero-order chi connectivity index (χ0) is 14.4. The largest absolute Gasteiger partial charge is 0.382 e. The summed E-state index contributed by atoms with van der Waals surface area (Å²) in [5, 5.41) is 6.62. The van der Waals surface area contributed by atoms with Crippen LogP contribution in [0.2, 0.25) is 0 Å². The zero-order valence-corrected chi connectivity index (χ0v) is 12.2. The summed E-state index contributed by atoms with van der Waals surface area (Å²) in [6.45, 7) is 8.33. The van der Waals surface area contributed by atoms with Crippen molar-refractivity contribution in [3.05, 3.63) is 23.8 Å². The van der Waals surface area contributed by atoms with Gasteiger partial charge in [0.2, 0.25) is 0 Å². The van der Waals surface area contributed by atoms with Crippen LogP contribution in [0.15, 0.2) is 18.2 Å². The summed E-state index contributed by atoms with van der Waals surface area (Å²) in [4.78, 5) is 14.3. The lowest BCUT2D eigenvalue weighted by Crippen LogP contribution is -2.34. The Kier molecular flexibility index (Phi) is 5.24. The zero-order valence-electron chi connectivity index (χ0n) is 12.2. The Morgan fingerprint density at radius 3 is 2.70 bits per heavy atom. The number of fused-ring (bicyclic) bond motifs is 1. The second kappa shape index (κ2) is 7.14. The van der Waals surface area contributed by atoms with Gasteiger partial charge in [0.05, 0.1) is 18.0 Å². The molecule has 1 aromatic carbocycles. The highest BCUT2D eigenvalue weighted by molar-refractivity contribution is 5.96. The number of carbonyl (C=O) groups is 1. The van der Waals surface area contributed by atoms with Crippen molar-refractivity contribution >= 4 is 17.3 Å². The predicted molar refractivity (Wildman–Crippen MR) is 81.5 cm³/mol. The number of hydrogen-bond donors (Lipinski definition) is 2. The molecule has 0 fully saturated rings. The molecule has 0 saturated carbocycles. The molecule has 0 spiro atoms. The first kappa shape index (κ1) is 14.7. The van der Waals surface area contributed by atoms with Gasteiger partial charge < -0.3 is 20.3 Å². The van der Waals surface area contributed by atoms with E-state index >= 15 is 0 Å². The van der Waals surface area contributed by atoms with Crippen LogP contribution in [0.4, 0.5) is 11.4 Å². The quantitative estimate of drug-likeness (QED) is 0.781. The van der Waals surface area contributed by atoms with E-state index in [-0.39, 0.29) is 5.91 Å². The van der Waals surface area contributed by atoms with Gasteiger partial charge in [-0.25, -0.2) is 0 Å². The van der Waals surface area contributed by atoms with Gasteiger partial charge in [0.1, 0.15) is 0 Å². The predicted octanol–water partition coefficient (Wildman–Crippen LogP) is 2.02. The van der Waals surface area contributed by atoms with E-state index in [0.717, 1.165) is 30.0 Å². The first-order chi connectivity index (χ1) is 9.76. The molecule has 5 nitrogen and oxygen atoms in total. The molecule has 0 atom stereocenters. The molecule has 20 heavy (non-hydrogen) atoms. The SMILES string of the molecule is CCOCCN(CC)C(=O)c1ccc2c(c1)NCCN2. The fourth-order valence-corrected chi connectivity index (χ4v) is 2.28. The van der Waals surface area contributed by atoms with Gasteiger partial charge in [0.15, 0.2) is 0 Å². The molecule has 1 amide bonds. The smallest absolute Gasteiger partial charge is 0.253 e. The van der Waals surface area contributed by atoms with Gasteiger partial charge >= 0.3 is 0 Å². The van der Waals surface area contributed by atoms with Crippen LogP contribution in [0, 0.1) is 0 Å². The van der Waals surface area contributed by atoms with Crippen LogP contribution in [-0.4, -0.2) is 50.2 Å². The van der Waals surface area contributed by atoms with Gasteiger partial charge in [-0.15, -0.1) is 0 Å². The lowest BCUT2D eigenvalue weighted by Gasteiger charge is -2.23. The fourth-order valence-electron chi connectivity index (χ4n) is 2.28. The molecule has 0 bridgehead atoms. The van der Waals surface area contributed by atoms with Crippen molar-refractivity contribution in [2.75, 3.05) is 50.0 Å². The van der Waals surface area contributed by atoms with Crippen LogP contribution < -0.4 is 10.6 Å². The Balaban J connectivity index is 2.06. The number of anilines is 2. The molecule has 0 unspecified atom stereocenters. The topological polar surface area (TPSA) is 53.6 Å². The van der Waals surface area contributed by atoms with Crippen molar-refractivity contribution in [2.45, 2.75) is 13.8 Å². The van der Waals surface area contributed by atoms with Crippen LogP contribution in [0.5, 0.6) is 0 Å². The summed E-state index contributed by atoms with van der Waals surface area (Å²) in [5.41, 5.74) is 2.78.